The highest BCUT2D eigenvalue weighted by Gasteiger charge is 2.42. The van der Waals surface area contributed by atoms with Crippen LogP contribution in [0.15, 0.2) is 41.8 Å². The normalized spacial score (nSPS) is 16.8. The number of hydrogen-bond donors (Lipinski definition) is 2. The van der Waals surface area contributed by atoms with Gasteiger partial charge in [0.2, 0.25) is 0 Å². The molecule has 1 saturated carbocycles. The summed E-state index contributed by atoms with van der Waals surface area (Å²) in [5, 5.41) is 13.5. The number of carbonyl (C=O) groups is 1. The molecule has 5 nitrogen and oxygen atoms in total. The number of imidazole rings is 1. The second-order valence-electron chi connectivity index (χ2n) is 6.14. The van der Waals surface area contributed by atoms with Gasteiger partial charge >= 0.3 is 0 Å². The fourth-order valence-corrected chi connectivity index (χ4v) is 3.29. The number of aliphatic hydroxyl groups is 1. The molecule has 1 aromatic carbocycles. The van der Waals surface area contributed by atoms with E-state index in [1.807, 2.05) is 42.1 Å². The zero-order valence-corrected chi connectivity index (χ0v) is 14.1. The summed E-state index contributed by atoms with van der Waals surface area (Å²) < 4.78 is 1.95. The van der Waals surface area contributed by atoms with Gasteiger partial charge in [-0.2, -0.15) is 0 Å². The highest BCUT2D eigenvalue weighted by Crippen LogP contribution is 2.39. The summed E-state index contributed by atoms with van der Waals surface area (Å²) in [5.41, 5.74) is 0.951. The molecule has 1 aliphatic carbocycles. The van der Waals surface area contributed by atoms with Crippen LogP contribution in [0.5, 0.6) is 0 Å². The van der Waals surface area contributed by atoms with Gasteiger partial charge < -0.3 is 10.4 Å². The molecule has 1 fully saturated rings. The second kappa shape index (κ2) is 6.37. The van der Waals surface area contributed by atoms with Crippen molar-refractivity contribution in [2.75, 3.05) is 12.9 Å². The van der Waals surface area contributed by atoms with Crippen LogP contribution in [-0.4, -0.2) is 39.0 Å². The lowest BCUT2D eigenvalue weighted by molar-refractivity contribution is 0.0824. The molecule has 1 unspecified atom stereocenters. The summed E-state index contributed by atoms with van der Waals surface area (Å²) in [4.78, 5) is 16.9. The molecule has 1 aromatic heterocycles. The van der Waals surface area contributed by atoms with Crippen molar-refractivity contribution in [2.24, 2.45) is 5.92 Å². The van der Waals surface area contributed by atoms with Crippen LogP contribution in [-0.2, 0) is 0 Å². The first kappa shape index (κ1) is 16.1. The minimum atomic E-state index is -0.535. The number of rotatable bonds is 6. The number of hydrogen-bond acceptors (Lipinski definition) is 4. The number of amides is 1. The van der Waals surface area contributed by atoms with Crippen LogP contribution in [0.1, 0.15) is 30.1 Å². The van der Waals surface area contributed by atoms with E-state index in [0.717, 1.165) is 23.7 Å². The first-order valence-electron chi connectivity index (χ1n) is 7.68. The molecule has 122 valence electrons. The Balaban J connectivity index is 1.83. The first-order chi connectivity index (χ1) is 11.1. The molecule has 6 heteroatoms. The summed E-state index contributed by atoms with van der Waals surface area (Å²) >= 11 is 1.56. The molecule has 2 N–H and O–H groups in total. The Morgan fingerprint density at radius 1 is 1.52 bits per heavy atom. The van der Waals surface area contributed by atoms with Crippen molar-refractivity contribution < 1.29 is 9.90 Å². The zero-order valence-electron chi connectivity index (χ0n) is 13.3. The summed E-state index contributed by atoms with van der Waals surface area (Å²) in [6.45, 7) is 1.87. The van der Waals surface area contributed by atoms with Gasteiger partial charge in [-0.25, -0.2) is 4.98 Å². The second-order valence-corrected chi connectivity index (χ2v) is 6.91. The monoisotopic (exact) mass is 331 g/mol. The van der Waals surface area contributed by atoms with E-state index in [4.69, 9.17) is 0 Å². The molecule has 0 bridgehead atoms. The van der Waals surface area contributed by atoms with Crippen molar-refractivity contribution >= 4 is 17.7 Å². The smallest absolute Gasteiger partial charge is 0.251 e. The van der Waals surface area contributed by atoms with Crippen LogP contribution in [0.4, 0.5) is 0 Å². The number of thioether (sulfide) groups is 1. The number of nitrogens with zero attached hydrogens (tertiary/aromatic N) is 2. The number of benzene rings is 1. The van der Waals surface area contributed by atoms with Crippen LogP contribution in [0, 0.1) is 5.92 Å². The summed E-state index contributed by atoms with van der Waals surface area (Å²) in [7, 11) is 0. The lowest BCUT2D eigenvalue weighted by atomic mass is 9.96. The Morgan fingerprint density at radius 2 is 2.30 bits per heavy atom. The lowest BCUT2D eigenvalue weighted by Crippen LogP contribution is -2.50. The number of aliphatic hydroxyl groups excluding tert-OH is 1. The molecular formula is C17H21N3O2S. The predicted molar refractivity (Wildman–Crippen MR) is 91.0 cm³/mol. The molecule has 0 aliphatic heterocycles. The van der Waals surface area contributed by atoms with E-state index in [0.29, 0.717) is 11.5 Å². The standard InChI is InChI=1S/C17H21N3O2S/c1-17(11-21,13-6-7-13)19-15(22)12-4-3-5-14(10-12)20-9-8-18-16(20)23-2/h3-5,8-10,13,21H,6-7,11H2,1-2H3,(H,19,22). The van der Waals surface area contributed by atoms with Crippen molar-refractivity contribution in [3.8, 4) is 5.69 Å². The van der Waals surface area contributed by atoms with Crippen molar-refractivity contribution in [3.05, 3.63) is 42.2 Å². The highest BCUT2D eigenvalue weighted by molar-refractivity contribution is 7.98. The van der Waals surface area contributed by atoms with Crippen molar-refractivity contribution in [2.45, 2.75) is 30.5 Å². The molecule has 1 heterocycles. The van der Waals surface area contributed by atoms with E-state index in [-0.39, 0.29) is 12.5 Å². The summed E-state index contributed by atoms with van der Waals surface area (Å²) in [6.07, 6.45) is 7.71. The quantitative estimate of drug-likeness (QED) is 0.798. The topological polar surface area (TPSA) is 67.2 Å². The van der Waals surface area contributed by atoms with E-state index in [1.54, 1.807) is 24.0 Å². The lowest BCUT2D eigenvalue weighted by Gasteiger charge is -2.28. The molecule has 1 amide bonds. The van der Waals surface area contributed by atoms with Crippen molar-refractivity contribution in [1.29, 1.82) is 0 Å². The largest absolute Gasteiger partial charge is 0.394 e. The zero-order chi connectivity index (χ0) is 16.4. The average molecular weight is 331 g/mol. The van der Waals surface area contributed by atoms with E-state index >= 15 is 0 Å². The minimum absolute atomic E-state index is 0.0404. The number of carbonyl (C=O) groups excluding carboxylic acids is 1. The van der Waals surface area contributed by atoms with Gasteiger partial charge in [-0.05, 0) is 50.1 Å². The maximum Gasteiger partial charge on any atom is 0.251 e. The van der Waals surface area contributed by atoms with Gasteiger partial charge in [-0.1, -0.05) is 17.8 Å². The van der Waals surface area contributed by atoms with E-state index in [2.05, 4.69) is 10.3 Å². The van der Waals surface area contributed by atoms with Crippen LogP contribution in [0.25, 0.3) is 5.69 Å². The Bertz CT molecular complexity index is 711. The van der Waals surface area contributed by atoms with Crippen LogP contribution >= 0.6 is 11.8 Å². The number of nitrogens with one attached hydrogen (secondary N) is 1. The summed E-state index contributed by atoms with van der Waals surface area (Å²) in [6, 6.07) is 7.45. The third-order valence-corrected chi connectivity index (χ3v) is 5.05. The van der Waals surface area contributed by atoms with Crippen molar-refractivity contribution in [1.82, 2.24) is 14.9 Å². The Labute approximate surface area is 140 Å². The Hall–Kier alpha value is -1.79. The average Bonchev–Trinajstić information content (AvgIpc) is 3.33. The molecule has 0 spiro atoms. The van der Waals surface area contributed by atoms with Crippen LogP contribution < -0.4 is 5.32 Å². The Kier molecular flexibility index (Phi) is 4.46. The third kappa shape index (κ3) is 3.28. The van der Waals surface area contributed by atoms with E-state index in [9.17, 15) is 9.90 Å². The maximum atomic E-state index is 12.6. The van der Waals surface area contributed by atoms with E-state index < -0.39 is 5.54 Å². The van der Waals surface area contributed by atoms with Gasteiger partial charge in [0.25, 0.3) is 5.91 Å². The van der Waals surface area contributed by atoms with E-state index in [1.165, 1.54) is 0 Å². The van der Waals surface area contributed by atoms with Gasteiger partial charge in [-0.15, -0.1) is 0 Å². The van der Waals surface area contributed by atoms with Crippen molar-refractivity contribution in [3.63, 3.8) is 0 Å². The summed E-state index contributed by atoms with van der Waals surface area (Å²) in [5.74, 6) is 0.220. The van der Waals surface area contributed by atoms with Gasteiger partial charge in [0.15, 0.2) is 5.16 Å². The molecule has 3 rings (SSSR count). The molecular weight excluding hydrogens is 310 g/mol. The highest BCUT2D eigenvalue weighted by atomic mass is 32.2. The number of aromatic nitrogens is 2. The molecule has 2 aromatic rings. The minimum Gasteiger partial charge on any atom is -0.394 e. The molecule has 0 saturated heterocycles. The third-order valence-electron chi connectivity index (χ3n) is 4.38. The fraction of sp³-hybridized carbons (Fsp3) is 0.412. The van der Waals surface area contributed by atoms with Crippen LogP contribution in [0.2, 0.25) is 0 Å². The Morgan fingerprint density at radius 3 is 2.96 bits per heavy atom. The SMILES string of the molecule is CSc1nccn1-c1cccc(C(=O)NC(C)(CO)C2CC2)c1. The van der Waals surface area contributed by atoms with Gasteiger partial charge in [0.05, 0.1) is 12.1 Å². The van der Waals surface area contributed by atoms with Crippen LogP contribution in [0.3, 0.4) is 0 Å². The van der Waals surface area contributed by atoms with Gasteiger partial charge in [0.1, 0.15) is 0 Å². The molecule has 23 heavy (non-hydrogen) atoms. The fourth-order valence-electron chi connectivity index (χ4n) is 2.76. The van der Waals surface area contributed by atoms with Gasteiger partial charge in [-0.3, -0.25) is 9.36 Å². The predicted octanol–water partition coefficient (Wildman–Crippen LogP) is 2.49. The molecule has 1 aliphatic rings. The first-order valence-corrected chi connectivity index (χ1v) is 8.91. The molecule has 1 atom stereocenters. The molecule has 0 radical (unpaired) electrons. The maximum absolute atomic E-state index is 12.6. The van der Waals surface area contributed by atoms with Gasteiger partial charge in [0, 0.05) is 23.6 Å².